The lowest BCUT2D eigenvalue weighted by atomic mass is 10.1. The third kappa shape index (κ3) is 3.71. The van der Waals surface area contributed by atoms with E-state index in [2.05, 4.69) is 5.10 Å². The minimum atomic E-state index is -0.582. The normalized spacial score (nSPS) is 19.7. The van der Waals surface area contributed by atoms with Gasteiger partial charge in [-0.05, 0) is 49.8 Å². The summed E-state index contributed by atoms with van der Waals surface area (Å²) in [4.78, 5) is 14.9. The van der Waals surface area contributed by atoms with Gasteiger partial charge in [-0.3, -0.25) is 9.48 Å². The molecule has 2 fully saturated rings. The number of aromatic nitrogens is 2. The summed E-state index contributed by atoms with van der Waals surface area (Å²) in [5.74, 6) is -0.106. The largest absolute Gasteiger partial charge is 0.336 e. The van der Waals surface area contributed by atoms with Gasteiger partial charge in [0.1, 0.15) is 17.6 Å². The highest BCUT2D eigenvalue weighted by molar-refractivity contribution is 5.94. The quantitative estimate of drug-likeness (QED) is 0.899. The third-order valence-corrected chi connectivity index (χ3v) is 5.26. The lowest BCUT2D eigenvalue weighted by Gasteiger charge is -2.30. The SMILES string of the molecule is N#Cc1ccc(-c2cc(C(=O)N3CCC[C@@H](N)C3)n(CC3CC3)n2)cc1F. The number of piperidine rings is 1. The van der Waals surface area contributed by atoms with Crippen molar-refractivity contribution >= 4 is 5.91 Å². The number of hydrogen-bond donors (Lipinski definition) is 1. The highest BCUT2D eigenvalue weighted by atomic mass is 19.1. The number of carbonyl (C=O) groups excluding carboxylic acids is 1. The first-order valence-corrected chi connectivity index (χ1v) is 9.38. The van der Waals surface area contributed by atoms with Crippen molar-refractivity contribution in [3.8, 4) is 17.3 Å². The van der Waals surface area contributed by atoms with Gasteiger partial charge in [-0.1, -0.05) is 6.07 Å². The first-order chi connectivity index (χ1) is 13.0. The van der Waals surface area contributed by atoms with Crippen LogP contribution < -0.4 is 5.73 Å². The number of nitrogens with two attached hydrogens (primary N) is 1. The van der Waals surface area contributed by atoms with Crippen LogP contribution in [-0.4, -0.2) is 39.7 Å². The Morgan fingerprint density at radius 1 is 1.33 bits per heavy atom. The van der Waals surface area contributed by atoms with E-state index < -0.39 is 5.82 Å². The van der Waals surface area contributed by atoms with Crippen LogP contribution in [-0.2, 0) is 6.54 Å². The third-order valence-electron chi connectivity index (χ3n) is 5.26. The van der Waals surface area contributed by atoms with E-state index in [9.17, 15) is 9.18 Å². The molecule has 7 heteroatoms. The Balaban J connectivity index is 1.67. The monoisotopic (exact) mass is 367 g/mol. The zero-order valence-corrected chi connectivity index (χ0v) is 15.1. The summed E-state index contributed by atoms with van der Waals surface area (Å²) in [6, 6.07) is 7.96. The number of amides is 1. The van der Waals surface area contributed by atoms with E-state index in [0.29, 0.717) is 42.5 Å². The molecule has 2 N–H and O–H groups in total. The molecule has 1 saturated heterocycles. The highest BCUT2D eigenvalue weighted by Crippen LogP contribution is 2.32. The average Bonchev–Trinajstić information content (AvgIpc) is 3.38. The van der Waals surface area contributed by atoms with Crippen LogP contribution >= 0.6 is 0 Å². The van der Waals surface area contributed by atoms with Crippen molar-refractivity contribution in [2.75, 3.05) is 13.1 Å². The molecule has 0 spiro atoms. The predicted octanol–water partition coefficient (Wildman–Crippen LogP) is 2.53. The highest BCUT2D eigenvalue weighted by Gasteiger charge is 2.29. The van der Waals surface area contributed by atoms with Crippen molar-refractivity contribution in [2.45, 2.75) is 38.3 Å². The van der Waals surface area contributed by atoms with Crippen LogP contribution in [0.2, 0.25) is 0 Å². The molecule has 4 rings (SSSR count). The standard InChI is InChI=1S/C20H22FN5O/c21-17-8-14(5-6-15(17)10-22)18-9-19(26(24-18)11-13-3-4-13)20(27)25-7-1-2-16(23)12-25/h5-6,8-9,13,16H,1-4,7,11-12,23H2/t16-/m1/s1. The van der Waals surface area contributed by atoms with Crippen molar-refractivity contribution in [3.63, 3.8) is 0 Å². The van der Waals surface area contributed by atoms with Crippen molar-refractivity contribution < 1.29 is 9.18 Å². The maximum Gasteiger partial charge on any atom is 0.272 e. The number of hydrogen-bond acceptors (Lipinski definition) is 4. The van der Waals surface area contributed by atoms with E-state index in [-0.39, 0.29) is 17.5 Å². The first kappa shape index (κ1) is 17.7. The molecule has 2 aromatic rings. The second-order valence-corrected chi connectivity index (χ2v) is 7.50. The zero-order valence-electron chi connectivity index (χ0n) is 15.1. The van der Waals surface area contributed by atoms with E-state index in [1.165, 1.54) is 12.1 Å². The number of carbonyl (C=O) groups is 1. The number of halogens is 1. The smallest absolute Gasteiger partial charge is 0.272 e. The molecule has 1 saturated carbocycles. The molecule has 27 heavy (non-hydrogen) atoms. The molecule has 1 aromatic carbocycles. The topological polar surface area (TPSA) is 87.9 Å². The Labute approximate surface area is 157 Å². The van der Waals surface area contributed by atoms with E-state index in [1.807, 2.05) is 6.07 Å². The van der Waals surface area contributed by atoms with E-state index >= 15 is 0 Å². The van der Waals surface area contributed by atoms with Gasteiger partial charge in [-0.2, -0.15) is 10.4 Å². The Morgan fingerprint density at radius 3 is 2.81 bits per heavy atom. The molecule has 1 atom stereocenters. The molecule has 2 aliphatic rings. The van der Waals surface area contributed by atoms with Crippen LogP contribution in [0.25, 0.3) is 11.3 Å². The molecule has 6 nitrogen and oxygen atoms in total. The maximum atomic E-state index is 14.0. The van der Waals surface area contributed by atoms with Gasteiger partial charge in [-0.15, -0.1) is 0 Å². The number of benzene rings is 1. The summed E-state index contributed by atoms with van der Waals surface area (Å²) in [5.41, 5.74) is 7.65. The average molecular weight is 367 g/mol. The van der Waals surface area contributed by atoms with Crippen molar-refractivity contribution in [3.05, 3.63) is 41.3 Å². The molecule has 1 aliphatic carbocycles. The fraction of sp³-hybridized carbons (Fsp3) is 0.450. The maximum absolute atomic E-state index is 14.0. The van der Waals surface area contributed by atoms with Crippen LogP contribution in [0.3, 0.4) is 0 Å². The number of nitriles is 1. The molecule has 0 radical (unpaired) electrons. The van der Waals surface area contributed by atoms with Crippen LogP contribution in [0.15, 0.2) is 24.3 Å². The van der Waals surface area contributed by atoms with Crippen LogP contribution in [0.4, 0.5) is 4.39 Å². The minimum absolute atomic E-state index is 0.00485. The van der Waals surface area contributed by atoms with Crippen molar-refractivity contribution in [2.24, 2.45) is 11.7 Å². The molecule has 1 aromatic heterocycles. The predicted molar refractivity (Wildman–Crippen MR) is 98.2 cm³/mol. The molecule has 0 bridgehead atoms. The second kappa shape index (κ2) is 7.12. The molecular formula is C20H22FN5O. The van der Waals surface area contributed by atoms with Gasteiger partial charge < -0.3 is 10.6 Å². The van der Waals surface area contributed by atoms with E-state index in [0.717, 1.165) is 25.7 Å². The van der Waals surface area contributed by atoms with Gasteiger partial charge in [0, 0.05) is 31.2 Å². The molecule has 1 aliphatic heterocycles. The van der Waals surface area contributed by atoms with Crippen LogP contribution in [0, 0.1) is 23.1 Å². The fourth-order valence-corrected chi connectivity index (χ4v) is 3.54. The van der Waals surface area contributed by atoms with Gasteiger partial charge in [0.25, 0.3) is 5.91 Å². The molecule has 140 valence electrons. The van der Waals surface area contributed by atoms with Gasteiger partial charge in [0.15, 0.2) is 0 Å². The fourth-order valence-electron chi connectivity index (χ4n) is 3.54. The Hall–Kier alpha value is -2.72. The summed E-state index contributed by atoms with van der Waals surface area (Å²) >= 11 is 0. The van der Waals surface area contributed by atoms with Gasteiger partial charge in [0.05, 0.1) is 11.3 Å². The lowest BCUT2D eigenvalue weighted by Crippen LogP contribution is -2.46. The van der Waals surface area contributed by atoms with Gasteiger partial charge in [0.2, 0.25) is 0 Å². The second-order valence-electron chi connectivity index (χ2n) is 7.50. The van der Waals surface area contributed by atoms with Crippen LogP contribution in [0.5, 0.6) is 0 Å². The van der Waals surface area contributed by atoms with Crippen molar-refractivity contribution in [1.29, 1.82) is 5.26 Å². The van der Waals surface area contributed by atoms with Gasteiger partial charge in [-0.25, -0.2) is 4.39 Å². The summed E-state index contributed by atoms with van der Waals surface area (Å²) in [6.45, 7) is 1.94. The first-order valence-electron chi connectivity index (χ1n) is 9.38. The van der Waals surface area contributed by atoms with Crippen LogP contribution in [0.1, 0.15) is 41.7 Å². The number of rotatable bonds is 4. The Morgan fingerprint density at radius 2 is 2.15 bits per heavy atom. The number of nitrogens with zero attached hydrogens (tertiary/aromatic N) is 4. The van der Waals surface area contributed by atoms with Crippen molar-refractivity contribution in [1.82, 2.24) is 14.7 Å². The summed E-state index contributed by atoms with van der Waals surface area (Å²) in [6.07, 6.45) is 4.12. The molecular weight excluding hydrogens is 345 g/mol. The van der Waals surface area contributed by atoms with Gasteiger partial charge >= 0.3 is 0 Å². The molecule has 2 heterocycles. The minimum Gasteiger partial charge on any atom is -0.336 e. The lowest BCUT2D eigenvalue weighted by molar-refractivity contribution is 0.0695. The number of likely N-dealkylation sites (tertiary alicyclic amines) is 1. The zero-order chi connectivity index (χ0) is 19.0. The summed E-state index contributed by atoms with van der Waals surface area (Å²) < 4.78 is 15.8. The summed E-state index contributed by atoms with van der Waals surface area (Å²) in [7, 11) is 0. The Kier molecular flexibility index (Phi) is 4.66. The molecule has 1 amide bonds. The van der Waals surface area contributed by atoms with E-state index in [1.54, 1.807) is 21.7 Å². The van der Waals surface area contributed by atoms with E-state index in [4.69, 9.17) is 11.0 Å². The molecule has 0 unspecified atom stereocenters. The summed E-state index contributed by atoms with van der Waals surface area (Å²) in [5, 5.41) is 13.5. The Bertz CT molecular complexity index is 912.